The Morgan fingerprint density at radius 3 is 2.60 bits per heavy atom. The maximum atomic E-state index is 14.4. The molecule has 9 nitrogen and oxygen atoms in total. The average Bonchev–Trinajstić information content (AvgIpc) is 3.58. The van der Waals surface area contributed by atoms with Crippen molar-refractivity contribution in [2.24, 2.45) is 5.92 Å². The smallest absolute Gasteiger partial charge is 0.241 e. The van der Waals surface area contributed by atoms with E-state index in [9.17, 15) is 14.7 Å². The summed E-state index contributed by atoms with van der Waals surface area (Å²) >= 11 is 3.79. The number of allylic oxidation sites excluding steroid dienone is 3. The van der Waals surface area contributed by atoms with Crippen LogP contribution in [0, 0.1) is 5.92 Å². The fourth-order valence-electron chi connectivity index (χ4n) is 8.50. The molecule has 1 aromatic carbocycles. The Morgan fingerprint density at radius 1 is 1.02 bits per heavy atom. The lowest BCUT2D eigenvalue weighted by Crippen LogP contribution is -2.68. The summed E-state index contributed by atoms with van der Waals surface area (Å²) in [5.74, 6) is 1.22. The summed E-state index contributed by atoms with van der Waals surface area (Å²) < 4.78 is 0. The molecule has 5 N–H and O–H groups in total. The van der Waals surface area contributed by atoms with Crippen molar-refractivity contribution in [2.45, 2.75) is 98.4 Å². The van der Waals surface area contributed by atoms with Gasteiger partial charge in [-0.05, 0) is 80.7 Å². The van der Waals surface area contributed by atoms with Crippen LogP contribution < -0.4 is 26.4 Å². The topological polar surface area (TPSA) is 109 Å². The number of phenols is 1. The number of aromatic hydroxyl groups is 1. The Labute approximate surface area is 256 Å². The lowest BCUT2D eigenvalue weighted by molar-refractivity contribution is -0.140. The van der Waals surface area contributed by atoms with Crippen molar-refractivity contribution in [3.63, 3.8) is 0 Å². The highest BCUT2D eigenvalue weighted by Gasteiger charge is 2.54. The quantitative estimate of drug-likeness (QED) is 0.248. The lowest BCUT2D eigenvalue weighted by atomic mass is 9.74. The van der Waals surface area contributed by atoms with Gasteiger partial charge in [-0.2, -0.15) is 0 Å². The fraction of sp³-hybridized carbons (Fsp3) is 0.625. The van der Waals surface area contributed by atoms with Gasteiger partial charge in [0.05, 0.1) is 11.7 Å². The number of anilines is 1. The minimum atomic E-state index is -0.287. The molecule has 10 heteroatoms. The van der Waals surface area contributed by atoms with Gasteiger partial charge >= 0.3 is 0 Å². The number of nitrogens with one attached hydrogen (secondary N) is 4. The molecule has 4 heterocycles. The van der Waals surface area contributed by atoms with Gasteiger partial charge < -0.3 is 20.3 Å². The van der Waals surface area contributed by atoms with Crippen LogP contribution in [0.1, 0.15) is 62.8 Å². The number of carbonyl (C=O) groups is 2. The van der Waals surface area contributed by atoms with E-state index in [-0.39, 0.29) is 58.7 Å². The molecule has 7 rings (SSSR count). The summed E-state index contributed by atoms with van der Waals surface area (Å²) in [7, 11) is 0. The molecule has 1 amide bonds. The molecule has 4 aliphatic heterocycles. The second-order valence-corrected chi connectivity index (χ2v) is 14.2. The highest BCUT2D eigenvalue weighted by molar-refractivity contribution is 9.09. The van der Waals surface area contributed by atoms with Gasteiger partial charge in [-0.15, -0.1) is 0 Å². The van der Waals surface area contributed by atoms with Crippen LogP contribution in [0.2, 0.25) is 0 Å². The number of likely N-dealkylation sites (tertiary alicyclic amines) is 1. The first-order chi connectivity index (χ1) is 20.4. The third kappa shape index (κ3) is 5.03. The second-order valence-electron chi connectivity index (χ2n) is 13.0. The number of benzene rings is 1. The van der Waals surface area contributed by atoms with Crippen LogP contribution >= 0.6 is 15.9 Å². The minimum Gasteiger partial charge on any atom is -0.506 e. The Balaban J connectivity index is 1.19. The first-order valence-electron chi connectivity index (χ1n) is 15.8. The Kier molecular flexibility index (Phi) is 7.94. The SMILES string of the molecule is C=CC(=O)/C=C1\CCC2NN(c3ccc(C4CCC4)cc3O)C3CCN(C(=O)C4NCC(Br)C5NCNC45)[C@@H](CC1)C23. The second kappa shape index (κ2) is 11.7. The van der Waals surface area contributed by atoms with E-state index in [0.717, 1.165) is 49.9 Å². The number of alkyl halides is 1. The number of fused-ring (bicyclic) bond motifs is 1. The Hall–Kier alpha value is -2.24. The number of halogens is 1. The van der Waals surface area contributed by atoms with Crippen LogP contribution in [0.25, 0.3) is 0 Å². The number of rotatable bonds is 5. The molecule has 0 aromatic heterocycles. The molecule has 1 aromatic rings. The number of phenolic OH excluding ortho intramolecular Hbond substituents is 1. The van der Waals surface area contributed by atoms with Crippen LogP contribution in [0.4, 0.5) is 5.69 Å². The number of nitrogens with zero attached hydrogens (tertiary/aromatic N) is 2. The van der Waals surface area contributed by atoms with E-state index in [1.807, 2.05) is 6.07 Å². The molecule has 42 heavy (non-hydrogen) atoms. The third-order valence-electron chi connectivity index (χ3n) is 10.9. The van der Waals surface area contributed by atoms with Gasteiger partial charge in [0.1, 0.15) is 11.8 Å². The highest BCUT2D eigenvalue weighted by Crippen LogP contribution is 2.46. The standard InChI is InChI=1S/C32H43BrN6O3/c1-2-21(40)14-18-6-9-23-28-25(10-7-18)38(32(42)31-30-29(35-17-36-30)22(33)16-34-31)13-12-26(28)39(37-23)24-11-8-20(15-27(24)41)19-4-3-5-19/h2,8,11,14-15,19,22-23,25-26,28-31,34-37,41H,1,3-7,9-10,12-13,16-17H2/b18-14+/t22?,23?,25-,26?,28?,29?,30?,31?/m0/s1. The van der Waals surface area contributed by atoms with Crippen molar-refractivity contribution in [3.05, 3.63) is 48.1 Å². The number of carbonyl (C=O) groups excluding carboxylic acids is 2. The number of hydrogen-bond acceptors (Lipinski definition) is 8. The molecule has 0 spiro atoms. The maximum Gasteiger partial charge on any atom is 0.241 e. The molecule has 7 unspecified atom stereocenters. The molecule has 6 aliphatic rings. The van der Waals surface area contributed by atoms with E-state index in [4.69, 9.17) is 0 Å². The predicted molar refractivity (Wildman–Crippen MR) is 166 cm³/mol. The molecule has 226 valence electrons. The average molecular weight is 640 g/mol. The predicted octanol–water partition coefficient (Wildman–Crippen LogP) is 2.82. The van der Waals surface area contributed by atoms with Crippen molar-refractivity contribution < 1.29 is 14.7 Å². The summed E-state index contributed by atoms with van der Waals surface area (Å²) in [6.45, 7) is 5.76. The molecule has 4 saturated heterocycles. The molecular formula is C32H43BrN6O3. The molecule has 2 aliphatic carbocycles. The zero-order chi connectivity index (χ0) is 29.0. The maximum absolute atomic E-state index is 14.4. The molecule has 0 radical (unpaired) electrons. The summed E-state index contributed by atoms with van der Waals surface area (Å²) in [6, 6.07) is 6.52. The first kappa shape index (κ1) is 28.5. The number of ketones is 1. The zero-order valence-corrected chi connectivity index (χ0v) is 25.7. The van der Waals surface area contributed by atoms with Crippen molar-refractivity contribution in [1.29, 1.82) is 0 Å². The van der Waals surface area contributed by atoms with Crippen LogP contribution in [-0.2, 0) is 9.59 Å². The Morgan fingerprint density at radius 2 is 1.83 bits per heavy atom. The largest absolute Gasteiger partial charge is 0.506 e. The van der Waals surface area contributed by atoms with E-state index < -0.39 is 0 Å². The van der Waals surface area contributed by atoms with E-state index in [2.05, 4.69) is 65.9 Å². The van der Waals surface area contributed by atoms with Gasteiger partial charge in [-0.3, -0.25) is 20.2 Å². The van der Waals surface area contributed by atoms with Crippen molar-refractivity contribution >= 4 is 33.3 Å². The normalized spacial score (nSPS) is 37.4. The number of amides is 1. The van der Waals surface area contributed by atoms with E-state index >= 15 is 0 Å². The van der Waals surface area contributed by atoms with Crippen LogP contribution in [0.3, 0.4) is 0 Å². The molecule has 6 fully saturated rings. The highest BCUT2D eigenvalue weighted by atomic mass is 79.9. The van der Waals surface area contributed by atoms with E-state index in [0.29, 0.717) is 24.9 Å². The number of hydrogen-bond donors (Lipinski definition) is 5. The molecule has 2 saturated carbocycles. The van der Waals surface area contributed by atoms with Gasteiger partial charge in [-0.25, -0.2) is 5.43 Å². The fourth-order valence-corrected chi connectivity index (χ4v) is 9.20. The lowest BCUT2D eigenvalue weighted by Gasteiger charge is -2.48. The third-order valence-corrected chi connectivity index (χ3v) is 11.8. The van der Waals surface area contributed by atoms with Gasteiger partial charge in [0.15, 0.2) is 5.78 Å². The summed E-state index contributed by atoms with van der Waals surface area (Å²) in [4.78, 5) is 29.1. The van der Waals surface area contributed by atoms with Gasteiger partial charge in [-0.1, -0.05) is 40.6 Å². The summed E-state index contributed by atoms with van der Waals surface area (Å²) in [5.41, 5.74) is 6.97. The van der Waals surface area contributed by atoms with Crippen molar-refractivity contribution in [3.8, 4) is 5.75 Å². The van der Waals surface area contributed by atoms with Gasteiger partial charge in [0.25, 0.3) is 0 Å². The zero-order valence-electron chi connectivity index (χ0n) is 24.1. The van der Waals surface area contributed by atoms with E-state index in [1.54, 1.807) is 6.08 Å². The molecule has 8 atom stereocenters. The first-order valence-corrected chi connectivity index (χ1v) is 16.7. The van der Waals surface area contributed by atoms with Crippen LogP contribution in [0.5, 0.6) is 5.75 Å². The molecule has 0 bridgehead atoms. The summed E-state index contributed by atoms with van der Waals surface area (Å²) in [5, 5.41) is 24.0. The Bertz CT molecular complexity index is 1270. The van der Waals surface area contributed by atoms with Gasteiger partial charge in [0.2, 0.25) is 5.91 Å². The van der Waals surface area contributed by atoms with Crippen molar-refractivity contribution in [2.75, 3.05) is 24.8 Å². The van der Waals surface area contributed by atoms with E-state index in [1.165, 1.54) is 30.9 Å². The monoisotopic (exact) mass is 638 g/mol. The number of hydrazine groups is 1. The number of piperidine rings is 2. The van der Waals surface area contributed by atoms with Crippen LogP contribution in [0.15, 0.2) is 42.5 Å². The van der Waals surface area contributed by atoms with Gasteiger partial charge in [0, 0.05) is 54.7 Å². The summed E-state index contributed by atoms with van der Waals surface area (Å²) in [6.07, 6.45) is 10.9. The van der Waals surface area contributed by atoms with Crippen LogP contribution in [-0.4, -0.2) is 82.5 Å². The minimum absolute atomic E-state index is 0.0303. The van der Waals surface area contributed by atoms with Crippen molar-refractivity contribution in [1.82, 2.24) is 26.3 Å². The molecular weight excluding hydrogens is 596 g/mol.